The standard InChI is InChI=1S/C25H31N5O/c1-19(20-9-8-12-26-17-20)28-13-15-29(16-14-28)24(31)22-18-30(21-10-6-5-7-11-21)27-23(22)25(2,3)4/h5-12,17-19H,13-16H2,1-4H3/t19-/m0/s1. The molecule has 4 rings (SSSR count). The maximum Gasteiger partial charge on any atom is 0.257 e. The second kappa shape index (κ2) is 8.63. The van der Waals surface area contributed by atoms with Crippen LogP contribution in [0, 0.1) is 0 Å². The van der Waals surface area contributed by atoms with Crippen LogP contribution in [0.5, 0.6) is 0 Å². The Bertz CT molecular complexity index is 1020. The molecule has 0 bridgehead atoms. The van der Waals surface area contributed by atoms with Gasteiger partial charge >= 0.3 is 0 Å². The van der Waals surface area contributed by atoms with E-state index in [9.17, 15) is 4.79 Å². The number of carbonyl (C=O) groups is 1. The van der Waals surface area contributed by atoms with Crippen molar-refractivity contribution in [1.82, 2.24) is 24.6 Å². The molecule has 1 saturated heterocycles. The van der Waals surface area contributed by atoms with Crippen molar-refractivity contribution in [3.05, 3.63) is 77.9 Å². The Labute approximate surface area is 184 Å². The number of carbonyl (C=O) groups excluding carboxylic acids is 1. The first-order valence-electron chi connectivity index (χ1n) is 10.9. The Morgan fingerprint density at radius 2 is 1.71 bits per heavy atom. The maximum atomic E-state index is 13.5. The van der Waals surface area contributed by atoms with E-state index in [0.717, 1.165) is 24.5 Å². The lowest BCUT2D eigenvalue weighted by atomic mass is 9.89. The Morgan fingerprint density at radius 3 is 2.32 bits per heavy atom. The average Bonchev–Trinajstić information content (AvgIpc) is 3.26. The smallest absolute Gasteiger partial charge is 0.257 e. The van der Waals surface area contributed by atoms with E-state index < -0.39 is 0 Å². The van der Waals surface area contributed by atoms with Gasteiger partial charge in [-0.1, -0.05) is 45.0 Å². The van der Waals surface area contributed by atoms with Crippen LogP contribution in [0.15, 0.2) is 61.1 Å². The quantitative estimate of drug-likeness (QED) is 0.642. The SMILES string of the molecule is C[C@@H](c1cccnc1)N1CCN(C(=O)c2cn(-c3ccccc3)nc2C(C)(C)C)CC1. The lowest BCUT2D eigenvalue weighted by molar-refractivity contribution is 0.0579. The van der Waals surface area contributed by atoms with Crippen LogP contribution in [0.4, 0.5) is 0 Å². The molecule has 0 unspecified atom stereocenters. The molecule has 3 aromatic rings. The van der Waals surface area contributed by atoms with E-state index in [-0.39, 0.29) is 17.4 Å². The molecular weight excluding hydrogens is 386 g/mol. The second-order valence-electron chi connectivity index (χ2n) is 9.21. The minimum absolute atomic E-state index is 0.0702. The third-order valence-electron chi connectivity index (χ3n) is 5.99. The number of benzene rings is 1. The average molecular weight is 418 g/mol. The molecule has 1 amide bonds. The molecule has 0 N–H and O–H groups in total. The highest BCUT2D eigenvalue weighted by Gasteiger charge is 2.31. The first-order chi connectivity index (χ1) is 14.8. The number of hydrogen-bond acceptors (Lipinski definition) is 4. The van der Waals surface area contributed by atoms with Gasteiger partial charge in [0.15, 0.2) is 0 Å². The zero-order valence-corrected chi connectivity index (χ0v) is 18.8. The summed E-state index contributed by atoms with van der Waals surface area (Å²) in [6, 6.07) is 14.3. The van der Waals surface area contributed by atoms with Crippen molar-refractivity contribution >= 4 is 5.91 Å². The molecule has 0 saturated carbocycles. The van der Waals surface area contributed by atoms with Crippen LogP contribution in [0.2, 0.25) is 0 Å². The lowest BCUT2D eigenvalue weighted by Gasteiger charge is -2.38. The van der Waals surface area contributed by atoms with E-state index >= 15 is 0 Å². The van der Waals surface area contributed by atoms with Crippen LogP contribution < -0.4 is 0 Å². The van der Waals surface area contributed by atoms with Gasteiger partial charge in [-0.15, -0.1) is 0 Å². The Hall–Kier alpha value is -2.99. The van der Waals surface area contributed by atoms with Gasteiger partial charge < -0.3 is 4.90 Å². The number of hydrogen-bond donors (Lipinski definition) is 0. The minimum Gasteiger partial charge on any atom is -0.336 e. The van der Waals surface area contributed by atoms with Crippen molar-refractivity contribution in [1.29, 1.82) is 0 Å². The van der Waals surface area contributed by atoms with Gasteiger partial charge in [0.1, 0.15) is 0 Å². The third-order valence-corrected chi connectivity index (χ3v) is 5.99. The van der Waals surface area contributed by atoms with Gasteiger partial charge in [-0.3, -0.25) is 14.7 Å². The molecule has 0 aliphatic carbocycles. The first kappa shape index (κ1) is 21.2. The van der Waals surface area contributed by atoms with Crippen molar-refractivity contribution in [3.8, 4) is 5.69 Å². The Balaban J connectivity index is 1.52. The largest absolute Gasteiger partial charge is 0.336 e. The molecule has 1 aliphatic rings. The first-order valence-corrected chi connectivity index (χ1v) is 10.9. The van der Waals surface area contributed by atoms with E-state index in [4.69, 9.17) is 5.10 Å². The van der Waals surface area contributed by atoms with Gasteiger partial charge in [-0.25, -0.2) is 4.68 Å². The predicted molar refractivity (Wildman–Crippen MR) is 122 cm³/mol. The summed E-state index contributed by atoms with van der Waals surface area (Å²) in [6.45, 7) is 11.6. The highest BCUT2D eigenvalue weighted by atomic mass is 16.2. The summed E-state index contributed by atoms with van der Waals surface area (Å²) in [6.07, 6.45) is 5.62. The molecule has 0 radical (unpaired) electrons. The molecule has 1 fully saturated rings. The van der Waals surface area contributed by atoms with E-state index in [1.807, 2.05) is 58.4 Å². The van der Waals surface area contributed by atoms with Crippen LogP contribution in [-0.2, 0) is 5.41 Å². The molecular formula is C25H31N5O. The fourth-order valence-corrected chi connectivity index (χ4v) is 4.11. The summed E-state index contributed by atoms with van der Waals surface area (Å²) in [4.78, 5) is 22.1. The minimum atomic E-state index is -0.221. The Kier molecular flexibility index (Phi) is 5.92. The lowest BCUT2D eigenvalue weighted by Crippen LogP contribution is -2.49. The highest BCUT2D eigenvalue weighted by Crippen LogP contribution is 2.28. The van der Waals surface area contributed by atoms with Gasteiger partial charge in [-0.05, 0) is 30.7 Å². The molecule has 162 valence electrons. The van der Waals surface area contributed by atoms with Crippen LogP contribution in [0.25, 0.3) is 5.69 Å². The number of para-hydroxylation sites is 1. The summed E-state index contributed by atoms with van der Waals surface area (Å²) in [7, 11) is 0. The highest BCUT2D eigenvalue weighted by molar-refractivity contribution is 5.95. The van der Waals surface area contributed by atoms with Crippen LogP contribution in [0.3, 0.4) is 0 Å². The molecule has 0 spiro atoms. The molecule has 1 atom stereocenters. The molecule has 2 aromatic heterocycles. The van der Waals surface area contributed by atoms with Crippen LogP contribution in [-0.4, -0.2) is 56.7 Å². The molecule has 1 aromatic carbocycles. The van der Waals surface area contributed by atoms with Crippen LogP contribution in [0.1, 0.15) is 55.4 Å². The maximum absolute atomic E-state index is 13.5. The number of amides is 1. The van der Waals surface area contributed by atoms with Crippen molar-refractivity contribution in [2.75, 3.05) is 26.2 Å². The summed E-state index contributed by atoms with van der Waals surface area (Å²) in [5, 5.41) is 4.80. The van der Waals surface area contributed by atoms with Crippen LogP contribution >= 0.6 is 0 Å². The zero-order chi connectivity index (χ0) is 22.0. The molecule has 1 aliphatic heterocycles. The fourth-order valence-electron chi connectivity index (χ4n) is 4.11. The summed E-state index contributed by atoms with van der Waals surface area (Å²) >= 11 is 0. The van der Waals surface area contributed by atoms with Gasteiger partial charge in [0.05, 0.1) is 16.9 Å². The molecule has 6 nitrogen and oxygen atoms in total. The number of aromatic nitrogens is 3. The number of rotatable bonds is 4. The van der Waals surface area contributed by atoms with Crippen molar-refractivity contribution in [3.63, 3.8) is 0 Å². The zero-order valence-electron chi connectivity index (χ0n) is 18.8. The van der Waals surface area contributed by atoms with Crippen molar-refractivity contribution in [2.45, 2.75) is 39.2 Å². The van der Waals surface area contributed by atoms with Gasteiger partial charge in [-0.2, -0.15) is 5.10 Å². The Morgan fingerprint density at radius 1 is 1.00 bits per heavy atom. The van der Waals surface area contributed by atoms with Gasteiger partial charge in [0.2, 0.25) is 0 Å². The number of pyridine rings is 1. The second-order valence-corrected chi connectivity index (χ2v) is 9.21. The number of nitrogens with zero attached hydrogens (tertiary/aromatic N) is 5. The summed E-state index contributed by atoms with van der Waals surface area (Å²) in [5.41, 5.74) is 3.49. The summed E-state index contributed by atoms with van der Waals surface area (Å²) in [5.74, 6) is 0.0702. The van der Waals surface area contributed by atoms with Crippen molar-refractivity contribution in [2.24, 2.45) is 0 Å². The normalized spacial score (nSPS) is 16.3. The number of piperazine rings is 1. The fraction of sp³-hybridized carbons (Fsp3) is 0.400. The van der Waals surface area contributed by atoms with E-state index in [1.165, 1.54) is 5.56 Å². The summed E-state index contributed by atoms with van der Waals surface area (Å²) < 4.78 is 1.83. The molecule has 31 heavy (non-hydrogen) atoms. The molecule has 3 heterocycles. The third kappa shape index (κ3) is 4.54. The van der Waals surface area contributed by atoms with Crippen molar-refractivity contribution < 1.29 is 4.79 Å². The van der Waals surface area contributed by atoms with Gasteiger partial charge in [0, 0.05) is 56.2 Å². The predicted octanol–water partition coefficient (Wildman–Crippen LogP) is 4.08. The molecule has 6 heteroatoms. The monoisotopic (exact) mass is 417 g/mol. The topological polar surface area (TPSA) is 54.3 Å². The van der Waals surface area contributed by atoms with E-state index in [1.54, 1.807) is 6.20 Å². The van der Waals surface area contributed by atoms with Gasteiger partial charge in [0.25, 0.3) is 5.91 Å². The van der Waals surface area contributed by atoms with E-state index in [2.05, 4.69) is 43.6 Å². The van der Waals surface area contributed by atoms with E-state index in [0.29, 0.717) is 18.7 Å².